The van der Waals surface area contributed by atoms with Crippen LogP contribution in [-0.4, -0.2) is 20.6 Å². The van der Waals surface area contributed by atoms with Gasteiger partial charge in [0.1, 0.15) is 0 Å². The van der Waals surface area contributed by atoms with Gasteiger partial charge in [-0.15, -0.1) is 0 Å². The molecule has 0 aliphatic heterocycles. The zero-order chi connectivity index (χ0) is 13.1. The summed E-state index contributed by atoms with van der Waals surface area (Å²) in [6.07, 6.45) is 11.2. The third kappa shape index (κ3) is 2.84. The summed E-state index contributed by atoms with van der Waals surface area (Å²) in [6.45, 7) is 3.16. The third-order valence-electron chi connectivity index (χ3n) is 3.72. The lowest BCUT2D eigenvalue weighted by Gasteiger charge is -2.28. The molecule has 4 heteroatoms. The second-order valence-electron chi connectivity index (χ2n) is 5.32. The monoisotopic (exact) mass is 256 g/mol. The maximum Gasteiger partial charge on any atom is 0.0946 e. The summed E-state index contributed by atoms with van der Waals surface area (Å²) in [7, 11) is 0. The topological polar surface area (TPSA) is 42.7 Å². The molecule has 0 saturated carbocycles. The zero-order valence-electron chi connectivity index (χ0n) is 11.3. The molecule has 19 heavy (non-hydrogen) atoms. The predicted molar refractivity (Wildman–Crippen MR) is 74.7 cm³/mol. The van der Waals surface area contributed by atoms with E-state index in [0.717, 1.165) is 13.0 Å². The minimum atomic E-state index is 0.392. The molecule has 2 aromatic heterocycles. The lowest BCUT2D eigenvalue weighted by Crippen LogP contribution is -2.35. The van der Waals surface area contributed by atoms with Crippen molar-refractivity contribution in [3.63, 3.8) is 0 Å². The molecule has 3 rings (SSSR count). The van der Waals surface area contributed by atoms with E-state index in [0.29, 0.717) is 12.1 Å². The van der Waals surface area contributed by atoms with Crippen LogP contribution in [0.25, 0.3) is 0 Å². The van der Waals surface area contributed by atoms with E-state index in [9.17, 15) is 0 Å². The van der Waals surface area contributed by atoms with Crippen molar-refractivity contribution in [3.8, 4) is 0 Å². The minimum absolute atomic E-state index is 0.392. The van der Waals surface area contributed by atoms with Gasteiger partial charge in [-0.3, -0.25) is 4.98 Å². The van der Waals surface area contributed by atoms with Crippen LogP contribution in [0, 0.1) is 0 Å². The van der Waals surface area contributed by atoms with Gasteiger partial charge in [0.25, 0.3) is 0 Å². The first kappa shape index (κ1) is 12.4. The van der Waals surface area contributed by atoms with E-state index in [1.165, 1.54) is 24.1 Å². The van der Waals surface area contributed by atoms with Crippen LogP contribution in [0.1, 0.15) is 37.1 Å². The van der Waals surface area contributed by atoms with Crippen molar-refractivity contribution in [1.82, 2.24) is 19.9 Å². The molecular weight excluding hydrogens is 236 g/mol. The van der Waals surface area contributed by atoms with E-state index in [-0.39, 0.29) is 0 Å². The molecule has 1 N–H and O–H groups in total. The Bertz CT molecular complexity index is 521. The predicted octanol–water partition coefficient (Wildman–Crippen LogP) is 2.33. The lowest BCUT2D eigenvalue weighted by molar-refractivity contribution is 0.374. The number of aromatic nitrogens is 3. The molecule has 0 saturated heterocycles. The van der Waals surface area contributed by atoms with Gasteiger partial charge in [0.05, 0.1) is 18.1 Å². The molecule has 2 aromatic rings. The molecule has 0 aromatic carbocycles. The molecule has 2 heterocycles. The Morgan fingerprint density at radius 3 is 3.26 bits per heavy atom. The Hall–Kier alpha value is -1.68. The minimum Gasteiger partial charge on any atom is -0.336 e. The first-order valence-corrected chi connectivity index (χ1v) is 6.98. The summed E-state index contributed by atoms with van der Waals surface area (Å²) in [5.74, 6) is 0. The van der Waals surface area contributed by atoms with Crippen LogP contribution in [0.3, 0.4) is 0 Å². The van der Waals surface area contributed by atoms with Crippen LogP contribution in [-0.2, 0) is 13.0 Å². The van der Waals surface area contributed by atoms with Crippen LogP contribution in [0.15, 0.2) is 37.1 Å². The Morgan fingerprint density at radius 1 is 1.47 bits per heavy atom. The van der Waals surface area contributed by atoms with Crippen LogP contribution >= 0.6 is 0 Å². The maximum absolute atomic E-state index is 4.57. The molecule has 0 bridgehead atoms. The number of hydrogen-bond acceptors (Lipinski definition) is 3. The first-order chi connectivity index (χ1) is 9.33. The molecule has 0 fully saturated rings. The van der Waals surface area contributed by atoms with Crippen molar-refractivity contribution in [3.05, 3.63) is 48.3 Å². The average molecular weight is 256 g/mol. The van der Waals surface area contributed by atoms with E-state index < -0.39 is 0 Å². The van der Waals surface area contributed by atoms with Gasteiger partial charge < -0.3 is 9.88 Å². The number of hydrogen-bond donors (Lipinski definition) is 1. The van der Waals surface area contributed by atoms with Gasteiger partial charge in [-0.05, 0) is 37.8 Å². The molecule has 2 unspecified atom stereocenters. The Morgan fingerprint density at radius 2 is 2.42 bits per heavy atom. The molecule has 0 spiro atoms. The molecule has 2 atom stereocenters. The highest BCUT2D eigenvalue weighted by molar-refractivity contribution is 5.25. The summed E-state index contributed by atoms with van der Waals surface area (Å²) in [5.41, 5.74) is 2.65. The van der Waals surface area contributed by atoms with E-state index in [2.05, 4.69) is 32.8 Å². The van der Waals surface area contributed by atoms with E-state index in [1.54, 1.807) is 0 Å². The normalized spacial score (nSPS) is 19.9. The van der Waals surface area contributed by atoms with Crippen molar-refractivity contribution in [2.75, 3.05) is 0 Å². The van der Waals surface area contributed by atoms with Crippen LogP contribution in [0.5, 0.6) is 0 Å². The number of rotatable bonds is 4. The first-order valence-electron chi connectivity index (χ1n) is 6.98. The van der Waals surface area contributed by atoms with E-state index >= 15 is 0 Å². The van der Waals surface area contributed by atoms with E-state index in [1.807, 2.05) is 31.0 Å². The fourth-order valence-electron chi connectivity index (χ4n) is 2.88. The number of fused-ring (bicyclic) bond motifs is 1. The third-order valence-corrected chi connectivity index (χ3v) is 3.72. The molecule has 0 amide bonds. The van der Waals surface area contributed by atoms with Gasteiger partial charge in [-0.1, -0.05) is 6.07 Å². The summed E-state index contributed by atoms with van der Waals surface area (Å²) >= 11 is 0. The largest absolute Gasteiger partial charge is 0.336 e. The number of pyridine rings is 1. The van der Waals surface area contributed by atoms with Gasteiger partial charge in [-0.2, -0.15) is 0 Å². The Kier molecular flexibility index (Phi) is 3.60. The number of imidazole rings is 1. The highest BCUT2D eigenvalue weighted by Crippen LogP contribution is 2.27. The molecule has 100 valence electrons. The number of nitrogens with zero attached hydrogens (tertiary/aromatic N) is 3. The molecule has 0 radical (unpaired) electrons. The zero-order valence-corrected chi connectivity index (χ0v) is 11.3. The second-order valence-corrected chi connectivity index (χ2v) is 5.32. The molecule has 4 nitrogen and oxygen atoms in total. The quantitative estimate of drug-likeness (QED) is 0.913. The lowest BCUT2D eigenvalue weighted by atomic mass is 9.91. The fraction of sp³-hybridized carbons (Fsp3) is 0.467. The van der Waals surface area contributed by atoms with Crippen molar-refractivity contribution in [2.24, 2.45) is 0 Å². The molecular formula is C15H20N4. The van der Waals surface area contributed by atoms with Gasteiger partial charge >= 0.3 is 0 Å². The van der Waals surface area contributed by atoms with Gasteiger partial charge in [0.15, 0.2) is 0 Å². The van der Waals surface area contributed by atoms with Crippen molar-refractivity contribution < 1.29 is 0 Å². The van der Waals surface area contributed by atoms with Crippen molar-refractivity contribution in [2.45, 2.75) is 44.8 Å². The van der Waals surface area contributed by atoms with Crippen molar-refractivity contribution in [1.29, 1.82) is 0 Å². The smallest absolute Gasteiger partial charge is 0.0946 e. The standard InChI is InChI=1S/C15H20N4/c1-12(10-19-9-8-16-11-19)18-14-6-2-4-13-5-3-7-17-15(13)14/h3,5,7-9,11-12,14,18H,2,4,6,10H2,1H3. The van der Waals surface area contributed by atoms with Gasteiger partial charge in [0.2, 0.25) is 0 Å². The molecule has 1 aliphatic rings. The van der Waals surface area contributed by atoms with Crippen LogP contribution in [0.4, 0.5) is 0 Å². The van der Waals surface area contributed by atoms with Gasteiger partial charge in [-0.25, -0.2) is 4.98 Å². The SMILES string of the molecule is CC(Cn1ccnc1)NC1CCCc2cccnc21. The number of aryl methyl sites for hydroxylation is 1. The average Bonchev–Trinajstić information content (AvgIpc) is 2.92. The van der Waals surface area contributed by atoms with Crippen molar-refractivity contribution >= 4 is 0 Å². The van der Waals surface area contributed by atoms with Crippen LogP contribution in [0.2, 0.25) is 0 Å². The Balaban J connectivity index is 1.67. The summed E-state index contributed by atoms with van der Waals surface area (Å²) in [4.78, 5) is 8.65. The molecule has 1 aliphatic carbocycles. The van der Waals surface area contributed by atoms with Gasteiger partial charge in [0, 0.05) is 31.2 Å². The summed E-state index contributed by atoms with van der Waals surface area (Å²) in [5, 5.41) is 3.70. The fourth-order valence-corrected chi connectivity index (χ4v) is 2.88. The Labute approximate surface area is 113 Å². The highest BCUT2D eigenvalue weighted by Gasteiger charge is 2.22. The second kappa shape index (κ2) is 5.53. The summed E-state index contributed by atoms with van der Waals surface area (Å²) in [6, 6.07) is 5.04. The highest BCUT2D eigenvalue weighted by atomic mass is 15.1. The number of nitrogens with one attached hydrogen (secondary N) is 1. The van der Waals surface area contributed by atoms with E-state index in [4.69, 9.17) is 0 Å². The summed E-state index contributed by atoms with van der Waals surface area (Å²) < 4.78 is 2.11. The maximum atomic E-state index is 4.57. The van der Waals surface area contributed by atoms with Crippen LogP contribution < -0.4 is 5.32 Å².